The third-order valence-electron chi connectivity index (χ3n) is 3.14. The summed E-state index contributed by atoms with van der Waals surface area (Å²) < 4.78 is 2.18. The molecule has 0 saturated heterocycles. The molecule has 0 amide bonds. The fourth-order valence-electron chi connectivity index (χ4n) is 1.96. The molecular formula is C11H17N3. The fourth-order valence-corrected chi connectivity index (χ4v) is 1.96. The van der Waals surface area contributed by atoms with E-state index in [1.54, 1.807) is 0 Å². The van der Waals surface area contributed by atoms with Crippen LogP contribution in [0.5, 0.6) is 0 Å². The Morgan fingerprint density at radius 2 is 2.14 bits per heavy atom. The fraction of sp³-hybridized carbons (Fsp3) is 0.727. The lowest BCUT2D eigenvalue weighted by Crippen LogP contribution is -2.12. The van der Waals surface area contributed by atoms with Crippen molar-refractivity contribution >= 4 is 0 Å². The zero-order valence-electron chi connectivity index (χ0n) is 8.61. The molecule has 3 rings (SSSR count). The van der Waals surface area contributed by atoms with Gasteiger partial charge in [0.2, 0.25) is 0 Å². The molecular weight excluding hydrogens is 174 g/mol. The van der Waals surface area contributed by atoms with Gasteiger partial charge in [-0.05, 0) is 38.7 Å². The second-order valence-corrected chi connectivity index (χ2v) is 4.73. The molecule has 3 heteroatoms. The van der Waals surface area contributed by atoms with Crippen LogP contribution >= 0.6 is 0 Å². The van der Waals surface area contributed by atoms with Crippen molar-refractivity contribution in [3.05, 3.63) is 17.5 Å². The van der Waals surface area contributed by atoms with E-state index < -0.39 is 0 Å². The molecule has 2 saturated carbocycles. The Balaban J connectivity index is 1.97. The zero-order valence-corrected chi connectivity index (χ0v) is 8.61. The van der Waals surface area contributed by atoms with Crippen LogP contribution in [-0.4, -0.2) is 9.78 Å². The molecule has 0 bridgehead atoms. The minimum Gasteiger partial charge on any atom is -0.323 e. The van der Waals surface area contributed by atoms with Crippen LogP contribution in [0.25, 0.3) is 0 Å². The molecule has 76 valence electrons. The first-order valence-corrected chi connectivity index (χ1v) is 5.60. The molecule has 2 N–H and O–H groups in total. The van der Waals surface area contributed by atoms with Crippen molar-refractivity contribution < 1.29 is 0 Å². The highest BCUT2D eigenvalue weighted by atomic mass is 15.3. The Labute approximate surface area is 84.3 Å². The van der Waals surface area contributed by atoms with Crippen LogP contribution in [0.2, 0.25) is 0 Å². The predicted molar refractivity (Wildman–Crippen MR) is 55.1 cm³/mol. The van der Waals surface area contributed by atoms with E-state index in [0.717, 1.165) is 5.92 Å². The van der Waals surface area contributed by atoms with Crippen molar-refractivity contribution in [2.45, 2.75) is 50.6 Å². The highest BCUT2D eigenvalue weighted by Gasteiger charge is 2.32. The highest BCUT2D eigenvalue weighted by molar-refractivity contribution is 5.21. The van der Waals surface area contributed by atoms with Gasteiger partial charge in [-0.3, -0.25) is 4.68 Å². The van der Waals surface area contributed by atoms with E-state index >= 15 is 0 Å². The van der Waals surface area contributed by atoms with Gasteiger partial charge in [-0.15, -0.1) is 0 Å². The molecule has 0 radical (unpaired) electrons. The number of rotatable bonds is 3. The molecule has 0 unspecified atom stereocenters. The average molecular weight is 191 g/mol. The number of hydrogen-bond donors (Lipinski definition) is 1. The van der Waals surface area contributed by atoms with Gasteiger partial charge in [0.05, 0.1) is 17.4 Å². The zero-order chi connectivity index (χ0) is 9.71. The van der Waals surface area contributed by atoms with Crippen LogP contribution in [0.15, 0.2) is 6.07 Å². The first-order valence-electron chi connectivity index (χ1n) is 5.60. The van der Waals surface area contributed by atoms with Crippen LogP contribution in [0.3, 0.4) is 0 Å². The van der Waals surface area contributed by atoms with Crippen LogP contribution in [0.1, 0.15) is 62.0 Å². The Bertz CT molecular complexity index is 326. The molecule has 0 aromatic carbocycles. The second kappa shape index (κ2) is 2.83. The summed E-state index contributed by atoms with van der Waals surface area (Å²) in [5.74, 6) is 0.743. The molecule has 2 aliphatic carbocycles. The summed E-state index contributed by atoms with van der Waals surface area (Å²) in [5, 5.41) is 4.69. The average Bonchev–Trinajstić information content (AvgIpc) is 3.03. The van der Waals surface area contributed by atoms with Crippen molar-refractivity contribution in [1.29, 1.82) is 0 Å². The maximum absolute atomic E-state index is 5.95. The quantitative estimate of drug-likeness (QED) is 0.795. The van der Waals surface area contributed by atoms with Gasteiger partial charge >= 0.3 is 0 Å². The SMILES string of the molecule is C[C@H](N)c1cc(C2CC2)nn1C1CC1. The Hall–Kier alpha value is -0.830. The van der Waals surface area contributed by atoms with Gasteiger partial charge < -0.3 is 5.73 Å². The smallest absolute Gasteiger partial charge is 0.0659 e. The molecule has 1 aromatic heterocycles. The van der Waals surface area contributed by atoms with Gasteiger partial charge in [-0.1, -0.05) is 0 Å². The Morgan fingerprint density at radius 3 is 2.64 bits per heavy atom. The minimum absolute atomic E-state index is 0.121. The van der Waals surface area contributed by atoms with Gasteiger partial charge in [-0.25, -0.2) is 0 Å². The first kappa shape index (κ1) is 8.48. The number of aromatic nitrogens is 2. The minimum atomic E-state index is 0.121. The topological polar surface area (TPSA) is 43.8 Å². The largest absolute Gasteiger partial charge is 0.323 e. The Morgan fingerprint density at radius 1 is 1.43 bits per heavy atom. The van der Waals surface area contributed by atoms with Crippen LogP contribution in [0, 0.1) is 0 Å². The summed E-state index contributed by atoms with van der Waals surface area (Å²) >= 11 is 0. The van der Waals surface area contributed by atoms with E-state index in [4.69, 9.17) is 10.8 Å². The van der Waals surface area contributed by atoms with Gasteiger partial charge in [-0.2, -0.15) is 5.10 Å². The maximum atomic E-state index is 5.95. The summed E-state index contributed by atoms with van der Waals surface area (Å²) in [5.41, 5.74) is 8.47. The van der Waals surface area contributed by atoms with Crippen molar-refractivity contribution in [1.82, 2.24) is 9.78 Å². The lowest BCUT2D eigenvalue weighted by Gasteiger charge is -2.07. The molecule has 1 aromatic rings. The third-order valence-corrected chi connectivity index (χ3v) is 3.14. The van der Waals surface area contributed by atoms with E-state index in [1.807, 2.05) is 6.92 Å². The van der Waals surface area contributed by atoms with E-state index in [0.29, 0.717) is 6.04 Å². The van der Waals surface area contributed by atoms with Crippen molar-refractivity contribution in [2.24, 2.45) is 5.73 Å². The van der Waals surface area contributed by atoms with Crippen molar-refractivity contribution in [3.63, 3.8) is 0 Å². The number of nitrogens with zero attached hydrogens (tertiary/aromatic N) is 2. The molecule has 14 heavy (non-hydrogen) atoms. The van der Waals surface area contributed by atoms with Gasteiger partial charge in [0.15, 0.2) is 0 Å². The second-order valence-electron chi connectivity index (χ2n) is 4.73. The standard InChI is InChI=1S/C11H17N3/c1-7(12)11-6-10(8-2-3-8)13-14(11)9-4-5-9/h6-9H,2-5,12H2,1H3/t7-/m0/s1. The normalized spacial score (nSPS) is 23.9. The summed E-state index contributed by atoms with van der Waals surface area (Å²) in [6, 6.07) is 3.00. The molecule has 0 aliphatic heterocycles. The van der Waals surface area contributed by atoms with E-state index in [1.165, 1.54) is 37.1 Å². The van der Waals surface area contributed by atoms with Gasteiger partial charge in [0.1, 0.15) is 0 Å². The van der Waals surface area contributed by atoms with Gasteiger partial charge in [0, 0.05) is 12.0 Å². The van der Waals surface area contributed by atoms with Crippen LogP contribution < -0.4 is 5.73 Å². The molecule has 2 fully saturated rings. The lowest BCUT2D eigenvalue weighted by molar-refractivity contribution is 0.571. The van der Waals surface area contributed by atoms with Gasteiger partial charge in [0.25, 0.3) is 0 Å². The first-order chi connectivity index (χ1) is 6.75. The molecule has 1 heterocycles. The van der Waals surface area contributed by atoms with Crippen molar-refractivity contribution in [2.75, 3.05) is 0 Å². The number of nitrogens with two attached hydrogens (primary N) is 1. The highest BCUT2D eigenvalue weighted by Crippen LogP contribution is 2.42. The third kappa shape index (κ3) is 1.36. The van der Waals surface area contributed by atoms with E-state index in [2.05, 4.69) is 10.7 Å². The summed E-state index contributed by atoms with van der Waals surface area (Å²) in [4.78, 5) is 0. The lowest BCUT2D eigenvalue weighted by atomic mass is 10.2. The molecule has 3 nitrogen and oxygen atoms in total. The number of hydrogen-bond acceptors (Lipinski definition) is 2. The summed E-state index contributed by atoms with van der Waals surface area (Å²) in [7, 11) is 0. The summed E-state index contributed by atoms with van der Waals surface area (Å²) in [6.45, 7) is 2.05. The maximum Gasteiger partial charge on any atom is 0.0659 e. The van der Waals surface area contributed by atoms with Crippen molar-refractivity contribution in [3.8, 4) is 0 Å². The molecule has 0 spiro atoms. The Kier molecular flexibility index (Phi) is 1.71. The molecule has 1 atom stereocenters. The van der Waals surface area contributed by atoms with E-state index in [9.17, 15) is 0 Å². The van der Waals surface area contributed by atoms with Crippen LogP contribution in [0.4, 0.5) is 0 Å². The van der Waals surface area contributed by atoms with E-state index in [-0.39, 0.29) is 6.04 Å². The monoisotopic (exact) mass is 191 g/mol. The molecule has 2 aliphatic rings. The van der Waals surface area contributed by atoms with Crippen LogP contribution in [-0.2, 0) is 0 Å². The summed E-state index contributed by atoms with van der Waals surface area (Å²) in [6.07, 6.45) is 5.21. The predicted octanol–water partition coefficient (Wildman–Crippen LogP) is 2.12.